The van der Waals surface area contributed by atoms with E-state index in [1.807, 2.05) is 32.0 Å². The number of carbonyl (C=O) groups excluding carboxylic acids is 2. The molecule has 0 aliphatic heterocycles. The molecule has 0 aliphatic carbocycles. The van der Waals surface area contributed by atoms with E-state index < -0.39 is 5.91 Å². The van der Waals surface area contributed by atoms with Crippen molar-refractivity contribution in [1.29, 1.82) is 0 Å². The number of aryl methyl sites for hydroxylation is 3. The van der Waals surface area contributed by atoms with Crippen LogP contribution in [0, 0.1) is 20.8 Å². The maximum Gasteiger partial charge on any atom is 0.269 e. The molecule has 1 heterocycles. The highest BCUT2D eigenvalue weighted by Gasteiger charge is 2.10. The molecule has 0 radical (unpaired) electrons. The van der Waals surface area contributed by atoms with Crippen molar-refractivity contribution in [2.24, 2.45) is 0 Å². The summed E-state index contributed by atoms with van der Waals surface area (Å²) in [5, 5.41) is 6.77. The molecule has 2 amide bonds. The molecular formula is C20H21N5O3. The van der Waals surface area contributed by atoms with E-state index in [4.69, 9.17) is 4.52 Å². The van der Waals surface area contributed by atoms with Crippen LogP contribution < -0.4 is 16.2 Å². The molecule has 3 rings (SSSR count). The molecule has 3 N–H and O–H groups in total. The van der Waals surface area contributed by atoms with Crippen LogP contribution in [0.5, 0.6) is 0 Å². The highest BCUT2D eigenvalue weighted by Crippen LogP contribution is 2.17. The third kappa shape index (κ3) is 4.73. The predicted octanol–water partition coefficient (Wildman–Crippen LogP) is 2.53. The summed E-state index contributed by atoms with van der Waals surface area (Å²) in [6, 6.07) is 12.5. The van der Waals surface area contributed by atoms with Crippen LogP contribution in [0.2, 0.25) is 0 Å². The summed E-state index contributed by atoms with van der Waals surface area (Å²) >= 11 is 0. The molecule has 144 valence electrons. The molecule has 28 heavy (non-hydrogen) atoms. The zero-order valence-electron chi connectivity index (χ0n) is 15.9. The van der Waals surface area contributed by atoms with Crippen LogP contribution in [0.3, 0.4) is 0 Å². The van der Waals surface area contributed by atoms with Gasteiger partial charge in [-0.2, -0.15) is 4.98 Å². The summed E-state index contributed by atoms with van der Waals surface area (Å²) in [6.45, 7) is 5.75. The van der Waals surface area contributed by atoms with E-state index in [2.05, 4.69) is 26.3 Å². The van der Waals surface area contributed by atoms with Crippen molar-refractivity contribution in [2.45, 2.75) is 20.8 Å². The van der Waals surface area contributed by atoms with Crippen LogP contribution in [-0.2, 0) is 4.79 Å². The smallest absolute Gasteiger partial charge is 0.269 e. The second-order valence-corrected chi connectivity index (χ2v) is 6.40. The minimum Gasteiger partial charge on any atom is -0.376 e. The Labute approximate surface area is 162 Å². The van der Waals surface area contributed by atoms with Crippen molar-refractivity contribution in [1.82, 2.24) is 21.0 Å². The molecule has 1 aromatic heterocycles. The number of hydrogen-bond donors (Lipinski definition) is 3. The largest absolute Gasteiger partial charge is 0.376 e. The van der Waals surface area contributed by atoms with Gasteiger partial charge >= 0.3 is 0 Å². The Bertz CT molecular complexity index is 995. The number of amides is 2. The van der Waals surface area contributed by atoms with Gasteiger partial charge in [-0.05, 0) is 56.7 Å². The summed E-state index contributed by atoms with van der Waals surface area (Å²) < 4.78 is 5.08. The van der Waals surface area contributed by atoms with Crippen molar-refractivity contribution >= 4 is 17.5 Å². The van der Waals surface area contributed by atoms with E-state index in [-0.39, 0.29) is 12.5 Å². The lowest BCUT2D eigenvalue weighted by atomic mass is 10.1. The van der Waals surface area contributed by atoms with Gasteiger partial charge in [-0.3, -0.25) is 20.4 Å². The second kappa shape index (κ2) is 8.34. The van der Waals surface area contributed by atoms with Gasteiger partial charge in [-0.1, -0.05) is 22.9 Å². The Morgan fingerprint density at radius 1 is 1.00 bits per heavy atom. The Hall–Kier alpha value is -3.68. The van der Waals surface area contributed by atoms with E-state index in [0.717, 1.165) is 16.8 Å². The fraction of sp³-hybridized carbons (Fsp3) is 0.200. The molecule has 8 nitrogen and oxygen atoms in total. The lowest BCUT2D eigenvalue weighted by Gasteiger charge is -2.11. The maximum atomic E-state index is 12.2. The highest BCUT2D eigenvalue weighted by atomic mass is 16.5. The fourth-order valence-corrected chi connectivity index (χ4v) is 2.61. The zero-order chi connectivity index (χ0) is 20.1. The Morgan fingerprint density at radius 3 is 2.39 bits per heavy atom. The van der Waals surface area contributed by atoms with Gasteiger partial charge in [0, 0.05) is 16.8 Å². The first-order valence-corrected chi connectivity index (χ1v) is 8.73. The quantitative estimate of drug-likeness (QED) is 0.588. The Kier molecular flexibility index (Phi) is 5.69. The third-order valence-electron chi connectivity index (χ3n) is 4.06. The molecule has 0 aliphatic rings. The average Bonchev–Trinajstić information content (AvgIpc) is 3.12. The first-order valence-electron chi connectivity index (χ1n) is 8.73. The van der Waals surface area contributed by atoms with E-state index in [0.29, 0.717) is 22.8 Å². The Balaban J connectivity index is 1.50. The molecule has 2 aromatic carbocycles. The minimum atomic E-state index is -0.423. The molecule has 0 saturated heterocycles. The molecule has 0 atom stereocenters. The fourth-order valence-electron chi connectivity index (χ4n) is 2.61. The summed E-state index contributed by atoms with van der Waals surface area (Å²) in [7, 11) is 0. The van der Waals surface area contributed by atoms with Gasteiger partial charge in [0.25, 0.3) is 17.7 Å². The van der Waals surface area contributed by atoms with E-state index >= 15 is 0 Å². The van der Waals surface area contributed by atoms with Crippen LogP contribution in [0.25, 0.3) is 11.5 Å². The predicted molar refractivity (Wildman–Crippen MR) is 104 cm³/mol. The van der Waals surface area contributed by atoms with Crippen molar-refractivity contribution in [3.63, 3.8) is 0 Å². The lowest BCUT2D eigenvalue weighted by molar-refractivity contribution is -0.120. The zero-order valence-corrected chi connectivity index (χ0v) is 15.9. The van der Waals surface area contributed by atoms with Gasteiger partial charge < -0.3 is 9.84 Å². The molecule has 0 fully saturated rings. The number of hydrogen-bond acceptors (Lipinski definition) is 6. The first kappa shape index (κ1) is 19.1. The number of hydrazine groups is 1. The number of carbonyl (C=O) groups is 2. The van der Waals surface area contributed by atoms with Crippen molar-refractivity contribution in [2.75, 3.05) is 11.9 Å². The summed E-state index contributed by atoms with van der Waals surface area (Å²) in [4.78, 5) is 28.3. The number of rotatable bonds is 5. The summed E-state index contributed by atoms with van der Waals surface area (Å²) in [5.74, 6) is 0.142. The highest BCUT2D eigenvalue weighted by molar-refractivity contribution is 5.96. The van der Waals surface area contributed by atoms with Crippen molar-refractivity contribution < 1.29 is 14.1 Å². The molecular weight excluding hydrogens is 358 g/mol. The summed E-state index contributed by atoms with van der Waals surface area (Å²) in [5.41, 5.74) is 8.96. The van der Waals surface area contributed by atoms with Gasteiger partial charge in [0.15, 0.2) is 5.82 Å². The molecule has 3 aromatic rings. The number of anilines is 1. The molecule has 8 heteroatoms. The van der Waals surface area contributed by atoms with Crippen LogP contribution in [0.4, 0.5) is 5.69 Å². The van der Waals surface area contributed by atoms with E-state index in [1.165, 1.54) is 0 Å². The third-order valence-corrected chi connectivity index (χ3v) is 4.06. The summed E-state index contributed by atoms with van der Waals surface area (Å²) in [6.07, 6.45) is 0. The maximum absolute atomic E-state index is 12.2. The molecule has 0 unspecified atom stereocenters. The Morgan fingerprint density at radius 2 is 1.75 bits per heavy atom. The van der Waals surface area contributed by atoms with E-state index in [9.17, 15) is 9.59 Å². The van der Waals surface area contributed by atoms with Gasteiger partial charge in [-0.15, -0.1) is 0 Å². The van der Waals surface area contributed by atoms with Crippen LogP contribution in [0.15, 0.2) is 47.0 Å². The minimum absolute atomic E-state index is 0.0413. The molecule has 0 bridgehead atoms. The topological polar surface area (TPSA) is 109 Å². The number of aromatic nitrogens is 2. The number of nitrogens with one attached hydrogen (secondary N) is 3. The second-order valence-electron chi connectivity index (χ2n) is 6.40. The normalized spacial score (nSPS) is 10.4. The van der Waals surface area contributed by atoms with Crippen LogP contribution in [0.1, 0.15) is 27.3 Å². The van der Waals surface area contributed by atoms with Crippen LogP contribution in [-0.4, -0.2) is 28.5 Å². The monoisotopic (exact) mass is 379 g/mol. The number of nitrogens with zero attached hydrogens (tertiary/aromatic N) is 2. The SMILES string of the molecule is Cc1ccc(NCC(=O)NNC(=O)c2ccc(-c3nc(C)no3)cc2)c(C)c1. The average molecular weight is 379 g/mol. The van der Waals surface area contributed by atoms with Gasteiger partial charge in [0.2, 0.25) is 0 Å². The van der Waals surface area contributed by atoms with Crippen molar-refractivity contribution in [3.05, 3.63) is 65.0 Å². The first-order chi connectivity index (χ1) is 13.4. The molecule has 0 spiro atoms. The molecule has 0 saturated carbocycles. The van der Waals surface area contributed by atoms with Crippen LogP contribution >= 0.6 is 0 Å². The lowest BCUT2D eigenvalue weighted by Crippen LogP contribution is -2.44. The standard InChI is InChI=1S/C20H21N5O3/c1-12-4-9-17(13(2)10-12)21-11-18(26)23-24-19(27)15-5-7-16(8-6-15)20-22-14(3)25-28-20/h4-10,21H,11H2,1-3H3,(H,23,26)(H,24,27). The van der Waals surface area contributed by atoms with Gasteiger partial charge in [0.1, 0.15) is 0 Å². The van der Waals surface area contributed by atoms with Crippen molar-refractivity contribution in [3.8, 4) is 11.5 Å². The van der Waals surface area contributed by atoms with Gasteiger partial charge in [-0.25, -0.2) is 0 Å². The number of benzene rings is 2. The van der Waals surface area contributed by atoms with Gasteiger partial charge in [0.05, 0.1) is 6.54 Å². The van der Waals surface area contributed by atoms with E-state index in [1.54, 1.807) is 31.2 Å².